The molecule has 2 aromatic carbocycles. The fourth-order valence-electron chi connectivity index (χ4n) is 2.91. The van der Waals surface area contributed by atoms with Crippen molar-refractivity contribution in [2.75, 3.05) is 27.9 Å². The molecule has 0 saturated heterocycles. The minimum atomic E-state index is -0.714. The predicted molar refractivity (Wildman–Crippen MR) is 123 cm³/mol. The van der Waals surface area contributed by atoms with Gasteiger partial charge >= 0.3 is 0 Å². The number of carbonyl (C=O) groups is 2. The molecule has 1 heterocycles. The van der Waals surface area contributed by atoms with Crippen LogP contribution in [0, 0.1) is 0 Å². The predicted octanol–water partition coefficient (Wildman–Crippen LogP) is 4.46. The van der Waals surface area contributed by atoms with E-state index in [-0.39, 0.29) is 17.1 Å². The van der Waals surface area contributed by atoms with Crippen molar-refractivity contribution in [3.8, 4) is 23.1 Å². The van der Waals surface area contributed by atoms with Crippen LogP contribution < -0.4 is 19.5 Å². The lowest BCUT2D eigenvalue weighted by Gasteiger charge is -2.13. The number of nitrogens with zero attached hydrogens (tertiary/aromatic N) is 2. The van der Waals surface area contributed by atoms with E-state index < -0.39 is 18.4 Å². The van der Waals surface area contributed by atoms with Crippen molar-refractivity contribution in [3.05, 3.63) is 38.8 Å². The van der Waals surface area contributed by atoms with Gasteiger partial charge in [-0.3, -0.25) is 9.59 Å². The smallest absolute Gasteiger partial charge is 0.283 e. The van der Waals surface area contributed by atoms with Crippen LogP contribution in [0.15, 0.2) is 43.4 Å². The standard InChI is InChI=1S/C20H18Br2N4O6/c1-30-13-4-9(5-14(31-2)18(13)32-3)19(28)23-8-15(27)25-26-17-11-6-10(21)7-12(22)16(11)24-20(17)29/h4-7,24,29H,8H2,1-3H3,(H,23,28). The quantitative estimate of drug-likeness (QED) is 0.359. The van der Waals surface area contributed by atoms with Crippen LogP contribution in [0.4, 0.5) is 5.69 Å². The third-order valence-electron chi connectivity index (χ3n) is 4.37. The van der Waals surface area contributed by atoms with Gasteiger partial charge in [0.05, 0.1) is 26.8 Å². The van der Waals surface area contributed by atoms with E-state index in [1.165, 1.54) is 33.5 Å². The van der Waals surface area contributed by atoms with E-state index in [1.807, 2.05) is 0 Å². The maximum atomic E-state index is 12.5. The third kappa shape index (κ3) is 4.86. The largest absolute Gasteiger partial charge is 0.493 e. The zero-order valence-electron chi connectivity index (χ0n) is 17.2. The number of halogens is 2. The Labute approximate surface area is 199 Å². The second-order valence-corrected chi connectivity index (χ2v) is 8.09. The van der Waals surface area contributed by atoms with E-state index >= 15 is 0 Å². The molecule has 0 spiro atoms. The summed E-state index contributed by atoms with van der Waals surface area (Å²) >= 11 is 6.74. The summed E-state index contributed by atoms with van der Waals surface area (Å²) in [6, 6.07) is 6.44. The number of rotatable bonds is 7. The maximum Gasteiger partial charge on any atom is 0.283 e. The van der Waals surface area contributed by atoms with Crippen LogP contribution in [0.3, 0.4) is 0 Å². The Hall–Kier alpha value is -3.12. The van der Waals surface area contributed by atoms with Crippen molar-refractivity contribution >= 4 is 60.3 Å². The highest BCUT2D eigenvalue weighted by molar-refractivity contribution is 9.11. The van der Waals surface area contributed by atoms with Gasteiger partial charge in [0.15, 0.2) is 17.2 Å². The Morgan fingerprint density at radius 2 is 1.72 bits per heavy atom. The average Bonchev–Trinajstić information content (AvgIpc) is 3.10. The molecule has 3 N–H and O–H groups in total. The van der Waals surface area contributed by atoms with Crippen molar-refractivity contribution in [3.63, 3.8) is 0 Å². The number of aromatic nitrogens is 1. The lowest BCUT2D eigenvalue weighted by atomic mass is 10.1. The number of carbonyl (C=O) groups excluding carboxylic acids is 2. The van der Waals surface area contributed by atoms with Crippen LogP contribution in [0.1, 0.15) is 10.4 Å². The van der Waals surface area contributed by atoms with E-state index in [2.05, 4.69) is 52.4 Å². The first kappa shape index (κ1) is 23.5. The fraction of sp³-hybridized carbons (Fsp3) is 0.200. The van der Waals surface area contributed by atoms with Crippen molar-refractivity contribution in [2.45, 2.75) is 0 Å². The number of amides is 2. The van der Waals surface area contributed by atoms with Crippen molar-refractivity contribution in [1.82, 2.24) is 10.3 Å². The summed E-state index contributed by atoms with van der Waals surface area (Å²) in [7, 11) is 4.31. The zero-order chi connectivity index (χ0) is 23.4. The molecule has 3 rings (SSSR count). The van der Waals surface area contributed by atoms with E-state index in [9.17, 15) is 14.7 Å². The molecule has 0 aliphatic heterocycles. The second-order valence-electron chi connectivity index (χ2n) is 6.32. The summed E-state index contributed by atoms with van der Waals surface area (Å²) < 4.78 is 17.1. The van der Waals surface area contributed by atoms with Gasteiger partial charge in [0.2, 0.25) is 11.6 Å². The van der Waals surface area contributed by atoms with Crippen LogP contribution >= 0.6 is 31.9 Å². The molecule has 0 unspecified atom stereocenters. The number of nitrogens with one attached hydrogen (secondary N) is 2. The zero-order valence-corrected chi connectivity index (χ0v) is 20.3. The number of hydrogen-bond donors (Lipinski definition) is 3. The molecule has 12 heteroatoms. The van der Waals surface area contributed by atoms with E-state index in [0.717, 1.165) is 4.47 Å². The van der Waals surface area contributed by atoms with E-state index in [1.54, 1.807) is 12.1 Å². The van der Waals surface area contributed by atoms with Gasteiger partial charge in [0.1, 0.15) is 6.54 Å². The number of methoxy groups -OCH3 is 3. The lowest BCUT2D eigenvalue weighted by molar-refractivity contribution is -0.117. The van der Waals surface area contributed by atoms with Crippen LogP contribution in [0.5, 0.6) is 23.1 Å². The van der Waals surface area contributed by atoms with Crippen LogP contribution in [0.25, 0.3) is 10.9 Å². The van der Waals surface area contributed by atoms with Gasteiger partial charge in [-0.25, -0.2) is 0 Å². The molecular weight excluding hydrogens is 552 g/mol. The second kappa shape index (κ2) is 10.0. The molecular formula is C20H18Br2N4O6. The third-order valence-corrected chi connectivity index (χ3v) is 5.45. The Bertz CT molecular complexity index is 1200. The normalized spacial score (nSPS) is 11.0. The number of aromatic hydroxyl groups is 1. The number of aromatic amines is 1. The Morgan fingerprint density at radius 3 is 2.31 bits per heavy atom. The monoisotopic (exact) mass is 568 g/mol. The van der Waals surface area contributed by atoms with Crippen LogP contribution in [-0.2, 0) is 4.79 Å². The number of benzene rings is 2. The van der Waals surface area contributed by atoms with Gasteiger partial charge in [-0.05, 0) is 40.2 Å². The molecule has 168 valence electrons. The lowest BCUT2D eigenvalue weighted by Crippen LogP contribution is -2.28. The van der Waals surface area contributed by atoms with E-state index in [0.29, 0.717) is 32.6 Å². The summed E-state index contributed by atoms with van der Waals surface area (Å²) in [6.07, 6.45) is 0. The summed E-state index contributed by atoms with van der Waals surface area (Å²) in [5, 5.41) is 20.6. The molecule has 10 nitrogen and oxygen atoms in total. The van der Waals surface area contributed by atoms with Crippen LogP contribution in [-0.4, -0.2) is 49.8 Å². The fourth-order valence-corrected chi connectivity index (χ4v) is 4.23. The number of ether oxygens (including phenoxy) is 3. The van der Waals surface area contributed by atoms with Crippen molar-refractivity contribution in [1.29, 1.82) is 0 Å². The Kier molecular flexibility index (Phi) is 7.36. The van der Waals surface area contributed by atoms with Gasteiger partial charge in [0, 0.05) is 19.9 Å². The van der Waals surface area contributed by atoms with Gasteiger partial charge < -0.3 is 29.6 Å². The number of hydrogen-bond acceptors (Lipinski definition) is 7. The summed E-state index contributed by atoms with van der Waals surface area (Å²) in [6.45, 7) is -0.407. The molecule has 2 amide bonds. The molecule has 0 radical (unpaired) electrons. The first-order valence-electron chi connectivity index (χ1n) is 9.01. The Balaban J connectivity index is 1.73. The summed E-state index contributed by atoms with van der Waals surface area (Å²) in [5.41, 5.74) is 0.905. The maximum absolute atomic E-state index is 12.5. The minimum Gasteiger partial charge on any atom is -0.493 e. The summed E-state index contributed by atoms with van der Waals surface area (Å²) in [4.78, 5) is 27.4. The average molecular weight is 570 g/mol. The molecule has 0 aliphatic carbocycles. The molecule has 1 aromatic heterocycles. The molecule has 0 atom stereocenters. The molecule has 0 fully saturated rings. The number of fused-ring (bicyclic) bond motifs is 1. The highest BCUT2D eigenvalue weighted by atomic mass is 79.9. The highest BCUT2D eigenvalue weighted by Crippen LogP contribution is 2.40. The molecule has 0 bridgehead atoms. The molecule has 0 saturated carbocycles. The first-order chi connectivity index (χ1) is 15.3. The van der Waals surface area contributed by atoms with Crippen molar-refractivity contribution in [2.24, 2.45) is 10.2 Å². The van der Waals surface area contributed by atoms with Crippen molar-refractivity contribution < 1.29 is 28.9 Å². The molecule has 0 aliphatic rings. The molecule has 3 aromatic rings. The van der Waals surface area contributed by atoms with Gasteiger partial charge in [0.25, 0.3) is 11.8 Å². The number of H-pyrrole nitrogens is 1. The number of azo groups is 1. The summed E-state index contributed by atoms with van der Waals surface area (Å²) in [5.74, 6) is -0.556. The van der Waals surface area contributed by atoms with E-state index in [4.69, 9.17) is 14.2 Å². The van der Waals surface area contributed by atoms with Gasteiger partial charge in [-0.2, -0.15) is 0 Å². The Morgan fingerprint density at radius 1 is 1.06 bits per heavy atom. The van der Waals surface area contributed by atoms with Gasteiger partial charge in [-0.15, -0.1) is 10.2 Å². The van der Waals surface area contributed by atoms with Crippen LogP contribution in [0.2, 0.25) is 0 Å². The van der Waals surface area contributed by atoms with Gasteiger partial charge in [-0.1, -0.05) is 15.9 Å². The first-order valence-corrected chi connectivity index (χ1v) is 10.6. The molecule has 32 heavy (non-hydrogen) atoms. The minimum absolute atomic E-state index is 0.103. The topological polar surface area (TPSA) is 135 Å². The SMILES string of the molecule is COc1cc(C(=O)NCC(=O)N=Nc2c(O)[nH]c3c(Br)cc(Br)cc23)cc(OC)c1OC. The highest BCUT2D eigenvalue weighted by Gasteiger charge is 2.18.